The lowest BCUT2D eigenvalue weighted by atomic mass is 10.2. The van der Waals surface area contributed by atoms with Crippen LogP contribution < -0.4 is 4.90 Å². The van der Waals surface area contributed by atoms with Gasteiger partial charge in [-0.25, -0.2) is 0 Å². The quantitative estimate of drug-likeness (QED) is 0.703. The summed E-state index contributed by atoms with van der Waals surface area (Å²) in [5, 5.41) is 2.03. The number of hydrogen-bond donors (Lipinski definition) is 0. The van der Waals surface area contributed by atoms with E-state index in [4.69, 9.17) is 0 Å². The predicted octanol–water partition coefficient (Wildman–Crippen LogP) is 3.90. The molecule has 1 aromatic heterocycles. The summed E-state index contributed by atoms with van der Waals surface area (Å²) in [5.41, 5.74) is 2.01. The van der Waals surface area contributed by atoms with Crippen molar-refractivity contribution in [2.24, 2.45) is 0 Å². The molecule has 1 aromatic carbocycles. The first kappa shape index (κ1) is 9.93. The number of nitrogens with zero attached hydrogens (tertiary/aromatic N) is 1. The lowest BCUT2D eigenvalue weighted by molar-refractivity contribution is -0.115. The first-order valence-corrected chi connectivity index (χ1v) is 6.62. The van der Waals surface area contributed by atoms with E-state index in [1.807, 2.05) is 29.6 Å². The lowest BCUT2D eigenvalue weighted by Gasteiger charge is -2.27. The van der Waals surface area contributed by atoms with E-state index in [0.717, 1.165) is 16.3 Å². The Morgan fingerprint density at radius 3 is 2.81 bits per heavy atom. The molecule has 1 aliphatic heterocycles. The Balaban J connectivity index is 2.23. The normalized spacial score (nSPS) is 13.2. The van der Waals surface area contributed by atoms with Crippen LogP contribution in [0.25, 0.3) is 0 Å². The summed E-state index contributed by atoms with van der Waals surface area (Å²) >= 11 is 3.41. The molecule has 0 atom stereocenters. The second kappa shape index (κ2) is 3.64. The van der Waals surface area contributed by atoms with E-state index in [9.17, 15) is 4.79 Å². The summed E-state index contributed by atoms with van der Waals surface area (Å²) in [4.78, 5) is 14.7. The molecule has 0 unspecified atom stereocenters. The van der Waals surface area contributed by atoms with E-state index in [1.54, 1.807) is 34.9 Å². The third kappa shape index (κ3) is 1.37. The molecule has 0 N–H and O–H groups in total. The standard InChI is InChI=1S/C12H9NOS2/c1-8(14)13-9-4-2-3-5-11(9)16-12-10(13)6-7-15-12/h2-7H,1H3. The smallest absolute Gasteiger partial charge is 0.228 e. The summed E-state index contributed by atoms with van der Waals surface area (Å²) in [7, 11) is 0. The minimum Gasteiger partial charge on any atom is -0.278 e. The highest BCUT2D eigenvalue weighted by atomic mass is 32.2. The molecule has 0 spiro atoms. The van der Waals surface area contributed by atoms with Crippen LogP contribution in [0, 0.1) is 0 Å². The molecule has 0 radical (unpaired) electrons. The SMILES string of the molecule is CC(=O)N1c2ccccc2Sc2sccc21. The number of fused-ring (bicyclic) bond motifs is 2. The van der Waals surface area contributed by atoms with Gasteiger partial charge in [-0.15, -0.1) is 11.3 Å². The Bertz CT molecular complexity index is 562. The Hall–Kier alpha value is -1.26. The van der Waals surface area contributed by atoms with Crippen molar-refractivity contribution >= 4 is 40.4 Å². The van der Waals surface area contributed by atoms with Crippen LogP contribution >= 0.6 is 23.1 Å². The van der Waals surface area contributed by atoms with Gasteiger partial charge in [0.15, 0.2) is 0 Å². The van der Waals surface area contributed by atoms with Crippen LogP contribution in [0.15, 0.2) is 44.8 Å². The Kier molecular flexibility index (Phi) is 2.26. The van der Waals surface area contributed by atoms with Crippen molar-refractivity contribution in [3.8, 4) is 0 Å². The van der Waals surface area contributed by atoms with E-state index in [2.05, 4.69) is 6.07 Å². The van der Waals surface area contributed by atoms with Gasteiger partial charge in [-0.1, -0.05) is 23.9 Å². The van der Waals surface area contributed by atoms with Crippen molar-refractivity contribution in [2.75, 3.05) is 4.90 Å². The van der Waals surface area contributed by atoms with E-state index in [0.29, 0.717) is 0 Å². The maximum absolute atomic E-state index is 11.7. The molecule has 0 fully saturated rings. The van der Waals surface area contributed by atoms with Gasteiger partial charge < -0.3 is 0 Å². The largest absolute Gasteiger partial charge is 0.278 e. The third-order valence-corrected chi connectivity index (χ3v) is 4.67. The highest BCUT2D eigenvalue weighted by molar-refractivity contribution is 8.01. The molecule has 0 aliphatic carbocycles. The van der Waals surface area contributed by atoms with Crippen molar-refractivity contribution in [1.29, 1.82) is 0 Å². The van der Waals surface area contributed by atoms with Gasteiger partial charge in [0, 0.05) is 11.8 Å². The highest BCUT2D eigenvalue weighted by Crippen LogP contribution is 2.50. The van der Waals surface area contributed by atoms with Crippen molar-refractivity contribution in [3.05, 3.63) is 35.7 Å². The maximum Gasteiger partial charge on any atom is 0.228 e. The Labute approximate surface area is 102 Å². The monoisotopic (exact) mass is 247 g/mol. The van der Waals surface area contributed by atoms with Gasteiger partial charge in [0.2, 0.25) is 5.91 Å². The van der Waals surface area contributed by atoms with Gasteiger partial charge in [-0.3, -0.25) is 9.69 Å². The summed E-state index contributed by atoms with van der Waals surface area (Å²) < 4.78 is 1.19. The molecule has 2 nitrogen and oxygen atoms in total. The van der Waals surface area contributed by atoms with Crippen LogP contribution in [0.4, 0.5) is 11.4 Å². The molecular weight excluding hydrogens is 238 g/mol. The van der Waals surface area contributed by atoms with E-state index < -0.39 is 0 Å². The average Bonchev–Trinajstić information content (AvgIpc) is 2.72. The molecule has 0 bridgehead atoms. The Morgan fingerprint density at radius 2 is 2.00 bits per heavy atom. The van der Waals surface area contributed by atoms with Gasteiger partial charge >= 0.3 is 0 Å². The number of rotatable bonds is 0. The number of benzene rings is 1. The minimum atomic E-state index is 0.0624. The van der Waals surface area contributed by atoms with Crippen LogP contribution in [0.1, 0.15) is 6.92 Å². The zero-order chi connectivity index (χ0) is 11.1. The predicted molar refractivity (Wildman–Crippen MR) is 67.7 cm³/mol. The van der Waals surface area contributed by atoms with Crippen LogP contribution in [0.3, 0.4) is 0 Å². The summed E-state index contributed by atoms with van der Waals surface area (Å²) in [5.74, 6) is 0.0624. The topological polar surface area (TPSA) is 20.3 Å². The van der Waals surface area contributed by atoms with Crippen molar-refractivity contribution in [2.45, 2.75) is 16.0 Å². The van der Waals surface area contributed by atoms with Crippen LogP contribution in [0.2, 0.25) is 0 Å². The fraction of sp³-hybridized carbons (Fsp3) is 0.0833. The van der Waals surface area contributed by atoms with Gasteiger partial charge in [0.25, 0.3) is 0 Å². The molecule has 1 aliphatic rings. The molecular formula is C12H9NOS2. The van der Waals surface area contributed by atoms with Gasteiger partial charge in [0.1, 0.15) is 0 Å². The van der Waals surface area contributed by atoms with Crippen LogP contribution in [-0.2, 0) is 4.79 Å². The maximum atomic E-state index is 11.7. The highest BCUT2D eigenvalue weighted by Gasteiger charge is 2.26. The second-order valence-corrected chi connectivity index (χ2v) is 5.74. The fourth-order valence-electron chi connectivity index (χ4n) is 1.83. The number of carbonyl (C=O) groups is 1. The van der Waals surface area contributed by atoms with Crippen molar-refractivity contribution < 1.29 is 4.79 Å². The number of amides is 1. The number of carbonyl (C=O) groups excluding carboxylic acids is 1. The summed E-state index contributed by atoms with van der Waals surface area (Å²) in [6.07, 6.45) is 0. The van der Waals surface area contributed by atoms with E-state index in [-0.39, 0.29) is 5.91 Å². The fourth-order valence-corrected chi connectivity index (χ4v) is 3.93. The number of anilines is 2. The molecule has 2 heterocycles. The number of hydrogen-bond acceptors (Lipinski definition) is 3. The van der Waals surface area contributed by atoms with Gasteiger partial charge in [-0.2, -0.15) is 0 Å². The first-order valence-electron chi connectivity index (χ1n) is 4.92. The van der Waals surface area contributed by atoms with Crippen LogP contribution in [-0.4, -0.2) is 5.91 Å². The number of thiophene rings is 1. The Morgan fingerprint density at radius 1 is 1.19 bits per heavy atom. The molecule has 0 saturated carbocycles. The zero-order valence-corrected chi connectivity index (χ0v) is 10.3. The second-order valence-electron chi connectivity index (χ2n) is 3.52. The van der Waals surface area contributed by atoms with Crippen molar-refractivity contribution in [3.63, 3.8) is 0 Å². The lowest BCUT2D eigenvalue weighted by Crippen LogP contribution is -2.24. The van der Waals surface area contributed by atoms with Gasteiger partial charge in [-0.05, 0) is 23.6 Å². The van der Waals surface area contributed by atoms with E-state index >= 15 is 0 Å². The molecule has 3 rings (SSSR count). The molecule has 2 aromatic rings. The average molecular weight is 247 g/mol. The molecule has 0 saturated heterocycles. The zero-order valence-electron chi connectivity index (χ0n) is 8.64. The minimum absolute atomic E-state index is 0.0624. The first-order chi connectivity index (χ1) is 7.77. The van der Waals surface area contributed by atoms with Gasteiger partial charge in [0.05, 0.1) is 15.6 Å². The molecule has 4 heteroatoms. The third-order valence-electron chi connectivity index (χ3n) is 2.47. The molecule has 80 valence electrons. The van der Waals surface area contributed by atoms with Crippen molar-refractivity contribution in [1.82, 2.24) is 0 Å². The summed E-state index contributed by atoms with van der Waals surface area (Å²) in [6.45, 7) is 1.61. The molecule has 1 amide bonds. The van der Waals surface area contributed by atoms with E-state index in [1.165, 1.54) is 4.21 Å². The van der Waals surface area contributed by atoms with Crippen LogP contribution in [0.5, 0.6) is 0 Å². The molecule has 16 heavy (non-hydrogen) atoms. The summed E-state index contributed by atoms with van der Waals surface area (Å²) in [6, 6.07) is 10.0. The number of para-hydroxylation sites is 1.